The molecule has 3 aliphatic rings. The smallest absolute Gasteiger partial charge is 0.311 e. The number of rotatable bonds is 11. The SMILES string of the molecule is C=CCOC(=O)[C@@H]1[C@H]2C(=O)N(CCCCO)C(C(=O)N(CC=C)c3ccccc3Cl)C23CC[C@H]1S3. The van der Waals surface area contributed by atoms with Gasteiger partial charge in [-0.25, -0.2) is 0 Å². The van der Waals surface area contributed by atoms with Gasteiger partial charge in [0.25, 0.3) is 5.91 Å². The highest BCUT2D eigenvalue weighted by Gasteiger charge is 2.74. The number of nitrogens with zero attached hydrogens (tertiary/aromatic N) is 2. The monoisotopic (exact) mass is 518 g/mol. The topological polar surface area (TPSA) is 87.1 Å². The number of esters is 1. The zero-order valence-electron chi connectivity index (χ0n) is 19.6. The zero-order valence-corrected chi connectivity index (χ0v) is 21.2. The Morgan fingerprint density at radius 3 is 2.74 bits per heavy atom. The second-order valence-corrected chi connectivity index (χ2v) is 11.1. The van der Waals surface area contributed by atoms with Crippen molar-refractivity contribution in [3.8, 4) is 0 Å². The summed E-state index contributed by atoms with van der Waals surface area (Å²) >= 11 is 8.06. The minimum Gasteiger partial charge on any atom is -0.461 e. The molecular formula is C26H31ClN2O5S. The number of hydrogen-bond acceptors (Lipinski definition) is 6. The number of carbonyl (C=O) groups excluding carboxylic acids is 3. The molecule has 1 aromatic rings. The fraction of sp³-hybridized carbons (Fsp3) is 0.500. The first-order chi connectivity index (χ1) is 16.9. The van der Waals surface area contributed by atoms with Crippen molar-refractivity contribution in [2.75, 3.05) is 31.2 Å². The molecule has 3 heterocycles. The number of likely N-dealkylation sites (tertiary alicyclic amines) is 1. The van der Waals surface area contributed by atoms with E-state index in [2.05, 4.69) is 13.2 Å². The number of unbranched alkanes of at least 4 members (excludes halogenated alkanes) is 1. The summed E-state index contributed by atoms with van der Waals surface area (Å²) in [5, 5.41) is 9.67. The quantitative estimate of drug-likeness (QED) is 0.274. The van der Waals surface area contributed by atoms with Crippen molar-refractivity contribution < 1.29 is 24.2 Å². The van der Waals surface area contributed by atoms with Crippen molar-refractivity contribution >= 4 is 46.8 Å². The molecule has 0 radical (unpaired) electrons. The Kier molecular flexibility index (Phi) is 7.93. The number of aliphatic hydroxyl groups excluding tert-OH is 1. The molecule has 3 saturated heterocycles. The van der Waals surface area contributed by atoms with E-state index in [-0.39, 0.29) is 36.8 Å². The zero-order chi connectivity index (χ0) is 25.2. The Morgan fingerprint density at radius 2 is 2.06 bits per heavy atom. The molecule has 2 unspecified atom stereocenters. The number of benzene rings is 1. The van der Waals surface area contributed by atoms with Gasteiger partial charge in [-0.15, -0.1) is 18.3 Å². The van der Waals surface area contributed by atoms with Crippen molar-refractivity contribution in [1.29, 1.82) is 0 Å². The van der Waals surface area contributed by atoms with Crippen LogP contribution in [0.1, 0.15) is 25.7 Å². The summed E-state index contributed by atoms with van der Waals surface area (Å²) in [6, 6.07) is 6.36. The van der Waals surface area contributed by atoms with Crippen molar-refractivity contribution in [1.82, 2.24) is 4.90 Å². The number of hydrogen-bond donors (Lipinski definition) is 1. The van der Waals surface area contributed by atoms with E-state index in [4.69, 9.17) is 16.3 Å². The Balaban J connectivity index is 1.74. The molecule has 7 nitrogen and oxygen atoms in total. The summed E-state index contributed by atoms with van der Waals surface area (Å²) in [6.07, 6.45) is 5.63. The lowest BCUT2D eigenvalue weighted by molar-refractivity contribution is -0.153. The molecule has 1 N–H and O–H groups in total. The van der Waals surface area contributed by atoms with Gasteiger partial charge >= 0.3 is 5.97 Å². The number of carbonyl (C=O) groups is 3. The lowest BCUT2D eigenvalue weighted by Crippen LogP contribution is -2.55. The molecule has 1 aromatic carbocycles. The molecule has 3 fully saturated rings. The number of ether oxygens (including phenoxy) is 1. The summed E-state index contributed by atoms with van der Waals surface area (Å²) < 4.78 is 4.67. The fourth-order valence-corrected chi connectivity index (χ4v) is 8.27. The molecule has 2 bridgehead atoms. The molecule has 3 aliphatic heterocycles. The van der Waals surface area contributed by atoms with E-state index in [1.807, 2.05) is 6.07 Å². The number of fused-ring (bicyclic) bond motifs is 1. The first-order valence-corrected chi connectivity index (χ1v) is 13.2. The predicted octanol–water partition coefficient (Wildman–Crippen LogP) is 3.45. The van der Waals surface area contributed by atoms with Crippen LogP contribution in [0, 0.1) is 11.8 Å². The molecule has 0 saturated carbocycles. The van der Waals surface area contributed by atoms with Crippen LogP contribution >= 0.6 is 23.4 Å². The third-order valence-electron chi connectivity index (χ3n) is 7.18. The van der Waals surface area contributed by atoms with Crippen LogP contribution in [0.2, 0.25) is 5.02 Å². The maximum Gasteiger partial charge on any atom is 0.311 e. The molecule has 0 aliphatic carbocycles. The van der Waals surface area contributed by atoms with Crippen molar-refractivity contribution in [3.63, 3.8) is 0 Å². The number of amides is 2. The van der Waals surface area contributed by atoms with E-state index in [0.29, 0.717) is 36.5 Å². The van der Waals surface area contributed by atoms with Crippen LogP contribution in [0.15, 0.2) is 49.6 Å². The normalized spacial score (nSPS) is 28.6. The van der Waals surface area contributed by atoms with Gasteiger partial charge in [-0.1, -0.05) is 42.5 Å². The van der Waals surface area contributed by atoms with Crippen LogP contribution in [-0.2, 0) is 19.1 Å². The van der Waals surface area contributed by atoms with Crippen LogP contribution in [0.4, 0.5) is 5.69 Å². The second kappa shape index (κ2) is 10.8. The maximum atomic E-state index is 14.3. The average Bonchev–Trinajstić information content (AvgIpc) is 3.49. The summed E-state index contributed by atoms with van der Waals surface area (Å²) in [7, 11) is 0. The number of para-hydroxylation sites is 1. The number of aliphatic hydroxyl groups is 1. The van der Waals surface area contributed by atoms with Crippen LogP contribution < -0.4 is 4.90 Å². The molecule has 35 heavy (non-hydrogen) atoms. The van der Waals surface area contributed by atoms with E-state index >= 15 is 0 Å². The third-order valence-corrected chi connectivity index (χ3v) is 9.45. The van der Waals surface area contributed by atoms with Gasteiger partial charge in [0.15, 0.2) is 0 Å². The van der Waals surface area contributed by atoms with Crippen LogP contribution in [-0.4, -0.2) is 70.1 Å². The van der Waals surface area contributed by atoms with Crippen LogP contribution in [0.25, 0.3) is 0 Å². The van der Waals surface area contributed by atoms with Gasteiger partial charge in [0.1, 0.15) is 12.6 Å². The van der Waals surface area contributed by atoms with Gasteiger partial charge in [-0.2, -0.15) is 0 Å². The Morgan fingerprint density at radius 1 is 1.29 bits per heavy atom. The molecule has 1 spiro atoms. The van der Waals surface area contributed by atoms with E-state index in [1.54, 1.807) is 45.8 Å². The van der Waals surface area contributed by atoms with Gasteiger partial charge in [0, 0.05) is 24.9 Å². The maximum absolute atomic E-state index is 14.3. The standard InChI is InChI=1S/C26H31ClN2O5S/c1-3-13-28(18-10-6-5-9-17(18)27)24(32)22-26-12-11-19(35-26)20(25(33)34-16-4-2)21(26)23(31)29(22)14-7-8-15-30/h3-6,9-10,19-22,30H,1-2,7-8,11-16H2/t19-,20+,21+,22?,26?/m1/s1. The summed E-state index contributed by atoms with van der Waals surface area (Å²) in [5.74, 6) is -2.03. The fourth-order valence-electron chi connectivity index (χ4n) is 5.83. The first kappa shape index (κ1) is 25.8. The first-order valence-electron chi connectivity index (χ1n) is 11.9. The molecule has 0 aromatic heterocycles. The Bertz CT molecular complexity index is 1020. The molecule has 4 rings (SSSR count). The number of anilines is 1. The Hall–Kier alpha value is -2.29. The second-order valence-electron chi connectivity index (χ2n) is 9.13. The van der Waals surface area contributed by atoms with Crippen molar-refractivity contribution in [2.24, 2.45) is 11.8 Å². The molecule has 5 atom stereocenters. The molecule has 188 valence electrons. The number of thioether (sulfide) groups is 1. The van der Waals surface area contributed by atoms with Gasteiger partial charge in [0.2, 0.25) is 5.91 Å². The van der Waals surface area contributed by atoms with Crippen molar-refractivity contribution in [3.05, 3.63) is 54.6 Å². The Labute approximate surface area is 215 Å². The van der Waals surface area contributed by atoms with Crippen molar-refractivity contribution in [2.45, 2.75) is 41.7 Å². The lowest BCUT2D eigenvalue weighted by Gasteiger charge is -2.37. The average molecular weight is 519 g/mol. The van der Waals surface area contributed by atoms with Gasteiger partial charge in [-0.3, -0.25) is 14.4 Å². The van der Waals surface area contributed by atoms with Crippen LogP contribution in [0.3, 0.4) is 0 Å². The van der Waals surface area contributed by atoms with E-state index in [0.717, 1.165) is 6.42 Å². The highest BCUT2D eigenvalue weighted by Crippen LogP contribution is 2.66. The summed E-state index contributed by atoms with van der Waals surface area (Å²) in [4.78, 5) is 44.4. The predicted molar refractivity (Wildman–Crippen MR) is 137 cm³/mol. The van der Waals surface area contributed by atoms with Gasteiger partial charge in [0.05, 0.1) is 27.3 Å². The minimum absolute atomic E-state index is 0.00472. The van der Waals surface area contributed by atoms with Gasteiger partial charge < -0.3 is 19.6 Å². The minimum atomic E-state index is -0.748. The van der Waals surface area contributed by atoms with E-state index < -0.39 is 28.6 Å². The van der Waals surface area contributed by atoms with Gasteiger partial charge in [-0.05, 0) is 37.8 Å². The number of halogens is 1. The largest absolute Gasteiger partial charge is 0.461 e. The molecule has 2 amide bonds. The van der Waals surface area contributed by atoms with Crippen LogP contribution in [0.5, 0.6) is 0 Å². The van der Waals surface area contributed by atoms with E-state index in [1.165, 1.54) is 6.08 Å². The molecule has 9 heteroatoms. The third kappa shape index (κ3) is 4.41. The summed E-state index contributed by atoms with van der Waals surface area (Å²) in [6.45, 7) is 8.07. The molecular weight excluding hydrogens is 488 g/mol. The highest BCUT2D eigenvalue weighted by molar-refractivity contribution is 8.02. The van der Waals surface area contributed by atoms with E-state index in [9.17, 15) is 19.5 Å². The highest BCUT2D eigenvalue weighted by atomic mass is 35.5. The summed E-state index contributed by atoms with van der Waals surface area (Å²) in [5.41, 5.74) is 0.557. The lowest BCUT2D eigenvalue weighted by atomic mass is 9.71.